The number of carboxylic acid groups (broad SMARTS) is 2. The first-order valence-electron chi connectivity index (χ1n) is 5.88. The smallest absolute Gasteiger partial charge is 0.337 e. The van der Waals surface area contributed by atoms with E-state index < -0.39 is 11.9 Å². The maximum atomic E-state index is 10.9. The predicted molar refractivity (Wildman–Crippen MR) is 75.2 cm³/mol. The van der Waals surface area contributed by atoms with E-state index in [1.165, 1.54) is 0 Å². The summed E-state index contributed by atoms with van der Waals surface area (Å²) in [6.45, 7) is 0. The van der Waals surface area contributed by atoms with Gasteiger partial charge >= 0.3 is 11.9 Å². The van der Waals surface area contributed by atoms with E-state index in [1.54, 1.807) is 30.0 Å². The SMILES string of the molecule is O=C(O)CCCCCSc1ccc(Cl)c(C(=O)O)c1. The summed E-state index contributed by atoms with van der Waals surface area (Å²) in [6, 6.07) is 4.93. The first kappa shape index (κ1) is 15.9. The predicted octanol–water partition coefficient (Wildman–Crippen LogP) is 3.78. The van der Waals surface area contributed by atoms with E-state index in [0.29, 0.717) is 6.42 Å². The van der Waals surface area contributed by atoms with Gasteiger partial charge in [-0.05, 0) is 36.8 Å². The topological polar surface area (TPSA) is 74.6 Å². The van der Waals surface area contributed by atoms with Crippen molar-refractivity contribution in [3.05, 3.63) is 28.8 Å². The van der Waals surface area contributed by atoms with E-state index in [0.717, 1.165) is 23.5 Å². The molecule has 0 aliphatic carbocycles. The number of rotatable bonds is 8. The minimum atomic E-state index is -1.03. The molecule has 0 heterocycles. The Hall–Kier alpha value is -1.20. The summed E-state index contributed by atoms with van der Waals surface area (Å²) in [6.07, 6.45) is 2.65. The Morgan fingerprint density at radius 2 is 1.89 bits per heavy atom. The monoisotopic (exact) mass is 302 g/mol. The molecule has 0 atom stereocenters. The van der Waals surface area contributed by atoms with Crippen LogP contribution in [0.15, 0.2) is 23.1 Å². The molecule has 0 saturated heterocycles. The molecule has 104 valence electrons. The van der Waals surface area contributed by atoms with Gasteiger partial charge in [-0.25, -0.2) is 4.79 Å². The molecule has 0 aliphatic rings. The van der Waals surface area contributed by atoms with Crippen LogP contribution in [0, 0.1) is 0 Å². The van der Waals surface area contributed by atoms with E-state index in [9.17, 15) is 9.59 Å². The largest absolute Gasteiger partial charge is 0.481 e. The van der Waals surface area contributed by atoms with E-state index in [1.807, 2.05) is 0 Å². The number of carboxylic acids is 2. The number of carbonyl (C=O) groups is 2. The number of halogens is 1. The second-order valence-corrected chi connectivity index (χ2v) is 5.58. The van der Waals surface area contributed by atoms with Crippen LogP contribution in [0.3, 0.4) is 0 Å². The normalized spacial score (nSPS) is 10.4. The number of aromatic carboxylic acids is 1. The highest BCUT2D eigenvalue weighted by Gasteiger charge is 2.09. The van der Waals surface area contributed by atoms with Gasteiger partial charge in [0.25, 0.3) is 0 Å². The lowest BCUT2D eigenvalue weighted by Gasteiger charge is -2.04. The molecule has 0 fully saturated rings. The Bertz CT molecular complexity index is 462. The third-order valence-electron chi connectivity index (χ3n) is 2.47. The van der Waals surface area contributed by atoms with Gasteiger partial charge in [0, 0.05) is 11.3 Å². The minimum absolute atomic E-state index is 0.109. The fourth-order valence-electron chi connectivity index (χ4n) is 1.50. The molecule has 2 N–H and O–H groups in total. The number of hydrogen-bond acceptors (Lipinski definition) is 3. The molecular weight excluding hydrogens is 288 g/mol. The van der Waals surface area contributed by atoms with Crippen molar-refractivity contribution in [3.8, 4) is 0 Å². The molecule has 0 saturated carbocycles. The zero-order valence-electron chi connectivity index (χ0n) is 10.3. The molecule has 1 aromatic carbocycles. The maximum absolute atomic E-state index is 10.9. The van der Waals surface area contributed by atoms with Crippen LogP contribution < -0.4 is 0 Å². The van der Waals surface area contributed by atoms with Gasteiger partial charge in [-0.15, -0.1) is 11.8 Å². The summed E-state index contributed by atoms with van der Waals surface area (Å²) in [5, 5.41) is 17.7. The summed E-state index contributed by atoms with van der Waals surface area (Å²) in [5.41, 5.74) is 0.109. The molecule has 0 bridgehead atoms. The first-order valence-corrected chi connectivity index (χ1v) is 7.24. The van der Waals surface area contributed by atoms with Crippen molar-refractivity contribution in [2.45, 2.75) is 30.6 Å². The van der Waals surface area contributed by atoms with Crippen molar-refractivity contribution in [1.29, 1.82) is 0 Å². The van der Waals surface area contributed by atoms with Crippen LogP contribution in [0.2, 0.25) is 5.02 Å². The zero-order chi connectivity index (χ0) is 14.3. The van der Waals surface area contributed by atoms with Crippen LogP contribution in [0.5, 0.6) is 0 Å². The highest BCUT2D eigenvalue weighted by molar-refractivity contribution is 7.99. The van der Waals surface area contributed by atoms with Crippen molar-refractivity contribution in [1.82, 2.24) is 0 Å². The van der Waals surface area contributed by atoms with Crippen LogP contribution >= 0.6 is 23.4 Å². The summed E-state index contributed by atoms with van der Waals surface area (Å²) in [4.78, 5) is 22.1. The molecule has 0 aliphatic heterocycles. The minimum Gasteiger partial charge on any atom is -0.481 e. The Balaban J connectivity index is 2.35. The van der Waals surface area contributed by atoms with E-state index in [-0.39, 0.29) is 17.0 Å². The Morgan fingerprint density at radius 1 is 1.16 bits per heavy atom. The third kappa shape index (κ3) is 5.98. The first-order chi connectivity index (χ1) is 9.00. The fourth-order valence-corrected chi connectivity index (χ4v) is 2.65. The second kappa shape index (κ2) is 8.07. The van der Waals surface area contributed by atoms with Crippen molar-refractivity contribution >= 4 is 35.3 Å². The summed E-state index contributed by atoms with van der Waals surface area (Å²) >= 11 is 7.33. The lowest BCUT2D eigenvalue weighted by atomic mass is 10.2. The Kier molecular flexibility index (Phi) is 6.73. The fraction of sp³-hybridized carbons (Fsp3) is 0.385. The molecule has 0 amide bonds. The van der Waals surface area contributed by atoms with Crippen LogP contribution in [-0.2, 0) is 4.79 Å². The third-order valence-corrected chi connectivity index (χ3v) is 3.88. The molecule has 19 heavy (non-hydrogen) atoms. The van der Waals surface area contributed by atoms with Crippen molar-refractivity contribution in [3.63, 3.8) is 0 Å². The molecule has 0 radical (unpaired) electrons. The van der Waals surface area contributed by atoms with Gasteiger partial charge in [0.1, 0.15) is 0 Å². The lowest BCUT2D eigenvalue weighted by molar-refractivity contribution is -0.137. The van der Waals surface area contributed by atoms with Gasteiger partial charge in [-0.2, -0.15) is 0 Å². The molecule has 4 nitrogen and oxygen atoms in total. The Morgan fingerprint density at radius 3 is 2.53 bits per heavy atom. The maximum Gasteiger partial charge on any atom is 0.337 e. The van der Waals surface area contributed by atoms with Crippen molar-refractivity contribution in [2.75, 3.05) is 5.75 Å². The average Bonchev–Trinajstić information content (AvgIpc) is 2.34. The van der Waals surface area contributed by atoms with Gasteiger partial charge in [0.05, 0.1) is 10.6 Å². The number of thioether (sulfide) groups is 1. The zero-order valence-corrected chi connectivity index (χ0v) is 11.8. The Labute approximate surface area is 120 Å². The number of aliphatic carboxylic acids is 1. The van der Waals surface area contributed by atoms with Crippen LogP contribution in [0.1, 0.15) is 36.0 Å². The van der Waals surface area contributed by atoms with E-state index >= 15 is 0 Å². The summed E-state index contributed by atoms with van der Waals surface area (Å²) in [7, 11) is 0. The van der Waals surface area contributed by atoms with Gasteiger partial charge in [0.15, 0.2) is 0 Å². The molecular formula is C13H15ClO4S. The molecule has 0 aromatic heterocycles. The highest BCUT2D eigenvalue weighted by Crippen LogP contribution is 2.25. The molecule has 1 rings (SSSR count). The van der Waals surface area contributed by atoms with Crippen molar-refractivity contribution < 1.29 is 19.8 Å². The van der Waals surface area contributed by atoms with E-state index in [2.05, 4.69) is 0 Å². The molecule has 0 spiro atoms. The van der Waals surface area contributed by atoms with Crippen LogP contribution in [0.25, 0.3) is 0 Å². The summed E-state index contributed by atoms with van der Waals surface area (Å²) in [5.74, 6) is -0.967. The van der Waals surface area contributed by atoms with Gasteiger partial charge in [-0.3, -0.25) is 4.79 Å². The highest BCUT2D eigenvalue weighted by atomic mass is 35.5. The average molecular weight is 303 g/mol. The summed E-state index contributed by atoms with van der Waals surface area (Å²) < 4.78 is 0. The van der Waals surface area contributed by atoms with Gasteiger partial charge in [0.2, 0.25) is 0 Å². The lowest BCUT2D eigenvalue weighted by Crippen LogP contribution is -1.97. The quantitative estimate of drug-likeness (QED) is 0.564. The standard InChI is InChI=1S/C13H15ClO4S/c14-11-6-5-9(8-10(11)13(17)18)19-7-3-1-2-4-12(15)16/h5-6,8H,1-4,7H2,(H,15,16)(H,17,18). The molecule has 0 unspecified atom stereocenters. The number of hydrogen-bond donors (Lipinski definition) is 2. The van der Waals surface area contributed by atoms with E-state index in [4.69, 9.17) is 21.8 Å². The molecule has 6 heteroatoms. The second-order valence-electron chi connectivity index (χ2n) is 4.00. The van der Waals surface area contributed by atoms with Crippen LogP contribution in [-0.4, -0.2) is 27.9 Å². The number of unbranched alkanes of at least 4 members (excludes halogenated alkanes) is 2. The molecule has 1 aromatic rings. The van der Waals surface area contributed by atoms with Crippen LogP contribution in [0.4, 0.5) is 0 Å². The van der Waals surface area contributed by atoms with Gasteiger partial charge < -0.3 is 10.2 Å². The number of benzene rings is 1. The van der Waals surface area contributed by atoms with Gasteiger partial charge in [-0.1, -0.05) is 18.0 Å². The van der Waals surface area contributed by atoms with Crippen molar-refractivity contribution in [2.24, 2.45) is 0 Å².